The van der Waals surface area contributed by atoms with Crippen LogP contribution in [0.3, 0.4) is 0 Å². The molecule has 3 amide bonds. The molecule has 0 spiro atoms. The molecular weight excluding hydrogens is 383 g/mol. The van der Waals surface area contributed by atoms with Gasteiger partial charge < -0.3 is 9.80 Å². The quantitative estimate of drug-likeness (QED) is 0.784. The highest BCUT2D eigenvalue weighted by molar-refractivity contribution is 6.01. The molecule has 2 aliphatic rings. The maximum Gasteiger partial charge on any atom is 0.325 e. The molecule has 1 atom stereocenters. The van der Waals surface area contributed by atoms with Crippen molar-refractivity contribution in [3.63, 3.8) is 0 Å². The molecule has 1 fully saturated rings. The van der Waals surface area contributed by atoms with Crippen LogP contribution in [0.2, 0.25) is 0 Å². The van der Waals surface area contributed by atoms with E-state index in [1.165, 1.54) is 28.0 Å². The van der Waals surface area contributed by atoms with E-state index in [0.29, 0.717) is 25.1 Å². The van der Waals surface area contributed by atoms with Gasteiger partial charge in [-0.25, -0.2) is 18.0 Å². The zero-order chi connectivity index (χ0) is 20.7. The van der Waals surface area contributed by atoms with Gasteiger partial charge in [0, 0.05) is 36.6 Å². The zero-order valence-electron chi connectivity index (χ0n) is 15.9. The minimum absolute atomic E-state index is 0.0690. The van der Waals surface area contributed by atoms with Gasteiger partial charge in [0.15, 0.2) is 11.6 Å². The number of aryl methyl sites for hydroxylation is 1. The van der Waals surface area contributed by atoms with Crippen molar-refractivity contribution >= 4 is 23.3 Å². The molecule has 1 unspecified atom stereocenters. The number of urea groups is 1. The first kappa shape index (κ1) is 19.3. The van der Waals surface area contributed by atoms with Crippen LogP contribution in [0.1, 0.15) is 18.9 Å². The molecule has 1 saturated heterocycles. The number of halogens is 3. The highest BCUT2D eigenvalue weighted by Gasteiger charge is 2.35. The van der Waals surface area contributed by atoms with Crippen LogP contribution in [-0.4, -0.2) is 42.5 Å². The second kappa shape index (κ2) is 7.42. The first-order chi connectivity index (χ1) is 13.8. The van der Waals surface area contributed by atoms with Crippen LogP contribution in [0.25, 0.3) is 0 Å². The lowest BCUT2D eigenvalue weighted by molar-refractivity contribution is -0.119. The molecule has 5 nitrogen and oxygen atoms in total. The Kier molecular flexibility index (Phi) is 4.94. The summed E-state index contributed by atoms with van der Waals surface area (Å²) in [5.41, 5.74) is 1.68. The maximum absolute atomic E-state index is 13.5. The minimum atomic E-state index is -1.03. The molecule has 29 heavy (non-hydrogen) atoms. The smallest absolute Gasteiger partial charge is 0.313 e. The van der Waals surface area contributed by atoms with Crippen molar-refractivity contribution in [2.24, 2.45) is 0 Å². The van der Waals surface area contributed by atoms with Crippen LogP contribution in [0, 0.1) is 17.5 Å². The summed E-state index contributed by atoms with van der Waals surface area (Å²) in [6.07, 6.45) is 1.39. The summed E-state index contributed by atoms with van der Waals surface area (Å²) in [6.45, 7) is 2.35. The van der Waals surface area contributed by atoms with E-state index < -0.39 is 17.7 Å². The van der Waals surface area contributed by atoms with E-state index in [9.17, 15) is 22.8 Å². The summed E-state index contributed by atoms with van der Waals surface area (Å²) in [4.78, 5) is 30.0. The molecule has 0 aromatic heterocycles. The molecule has 2 aromatic rings. The second-order valence-electron chi connectivity index (χ2n) is 7.38. The molecule has 2 heterocycles. The Bertz CT molecular complexity index is 982. The predicted molar refractivity (Wildman–Crippen MR) is 102 cm³/mol. The van der Waals surface area contributed by atoms with Crippen molar-refractivity contribution in [2.45, 2.75) is 25.8 Å². The fraction of sp³-hybridized carbons (Fsp3) is 0.333. The molecule has 0 saturated carbocycles. The first-order valence-corrected chi connectivity index (χ1v) is 9.47. The van der Waals surface area contributed by atoms with Gasteiger partial charge in [-0.1, -0.05) is 0 Å². The zero-order valence-corrected chi connectivity index (χ0v) is 15.9. The number of benzene rings is 2. The third-order valence-corrected chi connectivity index (χ3v) is 5.48. The van der Waals surface area contributed by atoms with Gasteiger partial charge in [0.25, 0.3) is 0 Å². The standard InChI is InChI=1S/C21H20F3N3O2/c1-13-2-3-14-10-15(22)4-7-19(14)27(13)20(28)12-25-8-9-26(21(25)29)16-5-6-17(23)18(24)11-16/h4-7,10-11,13H,2-3,8-9,12H2,1H3. The maximum atomic E-state index is 13.5. The van der Waals surface area contributed by atoms with Gasteiger partial charge in [0.05, 0.1) is 0 Å². The molecule has 152 valence electrons. The fourth-order valence-electron chi connectivity index (χ4n) is 3.96. The van der Waals surface area contributed by atoms with E-state index in [-0.39, 0.29) is 36.5 Å². The third kappa shape index (κ3) is 3.54. The predicted octanol–water partition coefficient (Wildman–Crippen LogP) is 3.71. The Morgan fingerprint density at radius 3 is 2.62 bits per heavy atom. The number of rotatable bonds is 3. The van der Waals surface area contributed by atoms with Crippen LogP contribution < -0.4 is 9.80 Å². The number of anilines is 2. The van der Waals surface area contributed by atoms with E-state index in [4.69, 9.17) is 0 Å². The van der Waals surface area contributed by atoms with E-state index in [1.807, 2.05) is 6.92 Å². The van der Waals surface area contributed by atoms with Gasteiger partial charge in [-0.05, 0) is 55.7 Å². The molecule has 0 radical (unpaired) electrons. The summed E-state index contributed by atoms with van der Waals surface area (Å²) < 4.78 is 40.2. The first-order valence-electron chi connectivity index (χ1n) is 9.47. The van der Waals surface area contributed by atoms with Crippen LogP contribution in [-0.2, 0) is 11.2 Å². The number of nitrogens with zero attached hydrogens (tertiary/aromatic N) is 3. The van der Waals surface area contributed by atoms with Crippen molar-refractivity contribution in [1.29, 1.82) is 0 Å². The SMILES string of the molecule is CC1CCc2cc(F)ccc2N1C(=O)CN1CCN(c2ccc(F)c(F)c2)C1=O. The Balaban J connectivity index is 1.51. The van der Waals surface area contributed by atoms with Gasteiger partial charge in [0.1, 0.15) is 12.4 Å². The molecule has 0 bridgehead atoms. The molecule has 8 heteroatoms. The normalized spacial score (nSPS) is 19.0. The number of hydrogen-bond donors (Lipinski definition) is 0. The van der Waals surface area contributed by atoms with E-state index in [0.717, 1.165) is 17.7 Å². The van der Waals surface area contributed by atoms with E-state index in [2.05, 4.69) is 0 Å². The number of amides is 3. The average molecular weight is 403 g/mol. The molecule has 2 aromatic carbocycles. The summed E-state index contributed by atoms with van der Waals surface area (Å²) in [7, 11) is 0. The van der Waals surface area contributed by atoms with Crippen molar-refractivity contribution in [1.82, 2.24) is 4.90 Å². The topological polar surface area (TPSA) is 43.9 Å². The van der Waals surface area contributed by atoms with Gasteiger partial charge in [0.2, 0.25) is 5.91 Å². The van der Waals surface area contributed by atoms with Crippen molar-refractivity contribution in [3.8, 4) is 0 Å². The van der Waals surface area contributed by atoms with Gasteiger partial charge in [-0.15, -0.1) is 0 Å². The lowest BCUT2D eigenvalue weighted by atomic mass is 9.96. The highest BCUT2D eigenvalue weighted by atomic mass is 19.2. The van der Waals surface area contributed by atoms with Crippen LogP contribution in [0.4, 0.5) is 29.3 Å². The second-order valence-corrected chi connectivity index (χ2v) is 7.38. The van der Waals surface area contributed by atoms with E-state index in [1.54, 1.807) is 11.0 Å². The number of carbonyl (C=O) groups excluding carboxylic acids is 2. The Labute approximate surface area is 166 Å². The lowest BCUT2D eigenvalue weighted by Crippen LogP contribution is -2.48. The average Bonchev–Trinajstić information content (AvgIpc) is 3.04. The highest BCUT2D eigenvalue weighted by Crippen LogP contribution is 2.32. The Morgan fingerprint density at radius 1 is 1.07 bits per heavy atom. The number of fused-ring (bicyclic) bond motifs is 1. The monoisotopic (exact) mass is 403 g/mol. The molecular formula is C21H20F3N3O2. The summed E-state index contributed by atoms with van der Waals surface area (Å²) >= 11 is 0. The van der Waals surface area contributed by atoms with Crippen molar-refractivity contribution in [2.75, 3.05) is 29.4 Å². The minimum Gasteiger partial charge on any atom is -0.313 e. The van der Waals surface area contributed by atoms with Crippen molar-refractivity contribution in [3.05, 3.63) is 59.4 Å². The lowest BCUT2D eigenvalue weighted by Gasteiger charge is -2.36. The van der Waals surface area contributed by atoms with Crippen LogP contribution in [0.5, 0.6) is 0 Å². The molecule has 2 aliphatic heterocycles. The molecule has 0 aliphatic carbocycles. The van der Waals surface area contributed by atoms with Crippen molar-refractivity contribution < 1.29 is 22.8 Å². The van der Waals surface area contributed by atoms with Crippen LogP contribution in [0.15, 0.2) is 36.4 Å². The summed E-state index contributed by atoms with van der Waals surface area (Å²) in [5.74, 6) is -2.62. The van der Waals surface area contributed by atoms with Gasteiger partial charge in [-0.3, -0.25) is 9.69 Å². The molecule has 4 rings (SSSR count). The largest absolute Gasteiger partial charge is 0.325 e. The third-order valence-electron chi connectivity index (χ3n) is 5.48. The number of carbonyl (C=O) groups is 2. The van der Waals surface area contributed by atoms with Gasteiger partial charge in [-0.2, -0.15) is 0 Å². The van der Waals surface area contributed by atoms with E-state index >= 15 is 0 Å². The Morgan fingerprint density at radius 2 is 1.86 bits per heavy atom. The van der Waals surface area contributed by atoms with Gasteiger partial charge >= 0.3 is 6.03 Å². The summed E-state index contributed by atoms with van der Waals surface area (Å²) in [5, 5.41) is 0. The fourth-order valence-corrected chi connectivity index (χ4v) is 3.96. The van der Waals surface area contributed by atoms with Crippen LogP contribution >= 0.6 is 0 Å². The summed E-state index contributed by atoms with van der Waals surface area (Å²) in [6, 6.07) is 7.12. The molecule has 0 N–H and O–H groups in total. The number of hydrogen-bond acceptors (Lipinski definition) is 2. The Hall–Kier alpha value is -3.03.